The van der Waals surface area contributed by atoms with Crippen LogP contribution in [-0.4, -0.2) is 43.8 Å². The molecule has 0 saturated carbocycles. The fourth-order valence-corrected chi connectivity index (χ4v) is 5.78. The van der Waals surface area contributed by atoms with E-state index in [1.54, 1.807) is 74.5 Å². The van der Waals surface area contributed by atoms with E-state index >= 15 is 0 Å². The second-order valence-corrected chi connectivity index (χ2v) is 12.1. The Labute approximate surface area is 240 Å². The molecule has 3 aromatic rings. The van der Waals surface area contributed by atoms with Gasteiger partial charge in [0.05, 0.1) is 20.6 Å². The Balaban J connectivity index is 2.04. The number of halogens is 2. The maximum Gasteiger partial charge on any atom is 0.264 e. The first kappa shape index (κ1) is 30.5. The number of sulfonamides is 1. The number of amides is 2. The normalized spacial score (nSPS) is 12.9. The molecule has 7 nitrogen and oxygen atoms in total. The van der Waals surface area contributed by atoms with Crippen molar-refractivity contribution < 1.29 is 18.0 Å². The molecule has 2 amide bonds. The van der Waals surface area contributed by atoms with Crippen molar-refractivity contribution in [2.24, 2.45) is 0 Å². The molecule has 1 N–H and O–H groups in total. The van der Waals surface area contributed by atoms with Crippen LogP contribution in [0.25, 0.3) is 0 Å². The standard InChI is InChI=1S/C29H33Cl2N3O4S/c1-5-21(3)32-29(36)22(4)33(18-23-15-16-25(30)26(31)17-23)28(35)19-34(27-14-10-9-11-20(27)2)39(37,38)24-12-7-6-8-13-24/h6-17,21-22H,5,18-19H2,1-4H3,(H,32,36)/t21-,22+/m0/s1. The molecule has 0 aliphatic carbocycles. The topological polar surface area (TPSA) is 86.8 Å². The van der Waals surface area contributed by atoms with Crippen LogP contribution in [0.15, 0.2) is 77.7 Å². The lowest BCUT2D eigenvalue weighted by Crippen LogP contribution is -2.52. The lowest BCUT2D eigenvalue weighted by Gasteiger charge is -2.33. The van der Waals surface area contributed by atoms with Crippen molar-refractivity contribution in [1.82, 2.24) is 10.2 Å². The molecule has 0 fully saturated rings. The molecule has 0 aromatic heterocycles. The van der Waals surface area contributed by atoms with E-state index in [9.17, 15) is 18.0 Å². The predicted octanol–water partition coefficient (Wildman–Crippen LogP) is 5.83. The summed E-state index contributed by atoms with van der Waals surface area (Å²) in [4.78, 5) is 28.5. The van der Waals surface area contributed by atoms with E-state index in [0.717, 1.165) is 10.7 Å². The number of hydrogen-bond donors (Lipinski definition) is 1. The van der Waals surface area contributed by atoms with E-state index in [0.29, 0.717) is 26.9 Å². The number of rotatable bonds is 11. The highest BCUT2D eigenvalue weighted by Crippen LogP contribution is 2.28. The van der Waals surface area contributed by atoms with Gasteiger partial charge in [-0.2, -0.15) is 0 Å². The van der Waals surface area contributed by atoms with E-state index in [2.05, 4.69) is 5.32 Å². The summed E-state index contributed by atoms with van der Waals surface area (Å²) in [5, 5.41) is 3.58. The quantitative estimate of drug-likeness (QED) is 0.305. The first-order valence-corrected chi connectivity index (χ1v) is 14.8. The largest absolute Gasteiger partial charge is 0.352 e. The molecule has 39 heavy (non-hydrogen) atoms. The van der Waals surface area contributed by atoms with Crippen LogP contribution in [0.5, 0.6) is 0 Å². The number of hydrogen-bond acceptors (Lipinski definition) is 4. The molecule has 0 unspecified atom stereocenters. The Morgan fingerprint density at radius 2 is 1.56 bits per heavy atom. The third-order valence-corrected chi connectivity index (χ3v) is 9.01. The number of nitrogens with one attached hydrogen (secondary N) is 1. The summed E-state index contributed by atoms with van der Waals surface area (Å²) in [6, 6.07) is 18.9. The maximum atomic E-state index is 14.0. The van der Waals surface area contributed by atoms with Gasteiger partial charge in [-0.05, 0) is 68.7 Å². The Morgan fingerprint density at radius 1 is 0.923 bits per heavy atom. The smallest absolute Gasteiger partial charge is 0.264 e. The first-order chi connectivity index (χ1) is 18.4. The number of nitrogens with zero attached hydrogens (tertiary/aromatic N) is 2. The molecular formula is C29H33Cl2N3O4S. The van der Waals surface area contributed by atoms with E-state index in [1.807, 2.05) is 13.8 Å². The van der Waals surface area contributed by atoms with E-state index in [4.69, 9.17) is 23.2 Å². The van der Waals surface area contributed by atoms with Crippen LogP contribution in [-0.2, 0) is 26.2 Å². The molecule has 2 atom stereocenters. The second-order valence-electron chi connectivity index (χ2n) is 9.38. The van der Waals surface area contributed by atoms with Crippen molar-refractivity contribution >= 4 is 50.7 Å². The molecule has 0 heterocycles. The van der Waals surface area contributed by atoms with Gasteiger partial charge in [0, 0.05) is 12.6 Å². The average molecular weight is 591 g/mol. The number of carbonyl (C=O) groups is 2. The molecular weight excluding hydrogens is 557 g/mol. The summed E-state index contributed by atoms with van der Waals surface area (Å²) in [6.45, 7) is 6.74. The van der Waals surface area contributed by atoms with Crippen LogP contribution >= 0.6 is 23.2 Å². The fraction of sp³-hybridized carbons (Fsp3) is 0.310. The zero-order valence-corrected chi connectivity index (χ0v) is 24.7. The first-order valence-electron chi connectivity index (χ1n) is 12.6. The highest BCUT2D eigenvalue weighted by molar-refractivity contribution is 7.92. The van der Waals surface area contributed by atoms with Gasteiger partial charge in [0.1, 0.15) is 12.6 Å². The van der Waals surface area contributed by atoms with Gasteiger partial charge in [0.15, 0.2) is 0 Å². The zero-order chi connectivity index (χ0) is 28.7. The van der Waals surface area contributed by atoms with Gasteiger partial charge in [-0.3, -0.25) is 13.9 Å². The lowest BCUT2D eigenvalue weighted by atomic mass is 10.1. The Hall–Kier alpha value is -3.07. The molecule has 3 aromatic carbocycles. The molecule has 0 bridgehead atoms. The molecule has 0 aliphatic rings. The monoisotopic (exact) mass is 589 g/mol. The van der Waals surface area contributed by atoms with Gasteiger partial charge in [0.2, 0.25) is 11.8 Å². The van der Waals surface area contributed by atoms with Gasteiger partial charge in [-0.15, -0.1) is 0 Å². The number of anilines is 1. The zero-order valence-electron chi connectivity index (χ0n) is 22.4. The van der Waals surface area contributed by atoms with Gasteiger partial charge >= 0.3 is 0 Å². The van der Waals surface area contributed by atoms with E-state index in [1.165, 1.54) is 17.0 Å². The van der Waals surface area contributed by atoms with Crippen molar-refractivity contribution in [1.29, 1.82) is 0 Å². The highest BCUT2D eigenvalue weighted by Gasteiger charge is 2.33. The highest BCUT2D eigenvalue weighted by atomic mass is 35.5. The number of benzene rings is 3. The van der Waals surface area contributed by atoms with Gasteiger partial charge < -0.3 is 10.2 Å². The van der Waals surface area contributed by atoms with Crippen LogP contribution < -0.4 is 9.62 Å². The summed E-state index contributed by atoms with van der Waals surface area (Å²) in [5.41, 5.74) is 1.71. The van der Waals surface area contributed by atoms with Crippen LogP contribution in [0.3, 0.4) is 0 Å². The number of carbonyl (C=O) groups excluding carboxylic acids is 2. The number of aryl methyl sites for hydroxylation is 1. The van der Waals surface area contributed by atoms with Crippen molar-refractivity contribution in [2.75, 3.05) is 10.8 Å². The average Bonchev–Trinajstić information content (AvgIpc) is 2.92. The predicted molar refractivity (Wildman–Crippen MR) is 157 cm³/mol. The molecule has 208 valence electrons. The summed E-state index contributed by atoms with van der Waals surface area (Å²) in [7, 11) is -4.11. The Kier molecular flexibility index (Phi) is 10.4. The van der Waals surface area contributed by atoms with Crippen molar-refractivity contribution in [3.63, 3.8) is 0 Å². The summed E-state index contributed by atoms with van der Waals surface area (Å²) in [6.07, 6.45) is 0.718. The minimum Gasteiger partial charge on any atom is -0.352 e. The van der Waals surface area contributed by atoms with Crippen LogP contribution in [0.1, 0.15) is 38.3 Å². The van der Waals surface area contributed by atoms with Crippen LogP contribution in [0.4, 0.5) is 5.69 Å². The molecule has 3 rings (SSSR count). The van der Waals surface area contributed by atoms with Crippen molar-refractivity contribution in [3.8, 4) is 0 Å². The SMILES string of the molecule is CC[C@H](C)NC(=O)[C@@H](C)N(Cc1ccc(Cl)c(Cl)c1)C(=O)CN(c1ccccc1C)S(=O)(=O)c1ccccc1. The molecule has 0 saturated heterocycles. The van der Waals surface area contributed by atoms with E-state index < -0.39 is 28.5 Å². The molecule has 0 radical (unpaired) electrons. The van der Waals surface area contributed by atoms with E-state index in [-0.39, 0.29) is 23.4 Å². The summed E-state index contributed by atoms with van der Waals surface area (Å²) in [5.74, 6) is -0.887. The Bertz CT molecular complexity index is 1420. The minimum atomic E-state index is -4.11. The van der Waals surface area contributed by atoms with Gasteiger partial charge in [-0.25, -0.2) is 8.42 Å². The maximum absolute atomic E-state index is 14.0. The van der Waals surface area contributed by atoms with Crippen LogP contribution in [0.2, 0.25) is 10.0 Å². The lowest BCUT2D eigenvalue weighted by molar-refractivity contribution is -0.139. The Morgan fingerprint density at radius 3 is 2.18 bits per heavy atom. The summed E-state index contributed by atoms with van der Waals surface area (Å²) < 4.78 is 28.7. The van der Waals surface area contributed by atoms with Crippen molar-refractivity contribution in [2.45, 2.75) is 57.6 Å². The molecule has 0 aliphatic heterocycles. The van der Waals surface area contributed by atoms with Gasteiger partial charge in [0.25, 0.3) is 10.0 Å². The van der Waals surface area contributed by atoms with Gasteiger partial charge in [-0.1, -0.05) is 72.6 Å². The van der Waals surface area contributed by atoms with Crippen LogP contribution in [0, 0.1) is 6.92 Å². The second kappa shape index (κ2) is 13.3. The molecule has 10 heteroatoms. The third-order valence-electron chi connectivity index (χ3n) is 6.50. The fourth-order valence-electron chi connectivity index (χ4n) is 3.96. The third kappa shape index (κ3) is 7.53. The minimum absolute atomic E-state index is 0.0256. The molecule has 0 spiro atoms. The van der Waals surface area contributed by atoms with Crippen molar-refractivity contribution in [3.05, 3.63) is 94.0 Å². The number of para-hydroxylation sites is 1. The summed E-state index contributed by atoms with van der Waals surface area (Å²) >= 11 is 12.3.